The van der Waals surface area contributed by atoms with Crippen LogP contribution < -0.4 is 15.4 Å². The van der Waals surface area contributed by atoms with E-state index < -0.39 is 11.9 Å². The lowest BCUT2D eigenvalue weighted by Crippen LogP contribution is -2.45. The van der Waals surface area contributed by atoms with Crippen molar-refractivity contribution in [2.24, 2.45) is 0 Å². The van der Waals surface area contributed by atoms with Gasteiger partial charge in [-0.25, -0.2) is 8.78 Å². The Balaban J connectivity index is 1.38. The quantitative estimate of drug-likeness (QED) is 0.567. The maximum Gasteiger partial charge on any atom is 0.221 e. The average molecular weight is 433 g/mol. The summed E-state index contributed by atoms with van der Waals surface area (Å²) in [6.45, 7) is 4.33. The number of aliphatic hydroxyl groups is 1. The van der Waals surface area contributed by atoms with E-state index >= 15 is 0 Å². The Morgan fingerprint density at radius 2 is 1.84 bits per heavy atom. The van der Waals surface area contributed by atoms with E-state index in [2.05, 4.69) is 15.5 Å². The van der Waals surface area contributed by atoms with Crippen molar-refractivity contribution in [3.63, 3.8) is 0 Å². The Labute approximate surface area is 181 Å². The second kappa shape index (κ2) is 11.2. The molecule has 8 heteroatoms. The number of amides is 1. The molecule has 1 aliphatic heterocycles. The van der Waals surface area contributed by atoms with E-state index in [1.54, 1.807) is 0 Å². The molecule has 0 unspecified atom stereocenters. The molecule has 0 bridgehead atoms. The van der Waals surface area contributed by atoms with Crippen molar-refractivity contribution in [2.45, 2.75) is 38.5 Å². The van der Waals surface area contributed by atoms with Crippen molar-refractivity contribution in [3.8, 4) is 5.75 Å². The first-order chi connectivity index (χ1) is 14.9. The SMILES string of the molecule is CC(=O)Nc1ccc(F)cc1OC[C@H](O)CNC1CCN(Cc2ccc(F)cc2)CC1. The summed E-state index contributed by atoms with van der Waals surface area (Å²) in [7, 11) is 0. The summed E-state index contributed by atoms with van der Waals surface area (Å²) in [6.07, 6.45) is 1.13. The Morgan fingerprint density at radius 3 is 2.52 bits per heavy atom. The maximum atomic E-state index is 13.5. The number of nitrogens with one attached hydrogen (secondary N) is 2. The van der Waals surface area contributed by atoms with Gasteiger partial charge in [0.05, 0.1) is 5.69 Å². The van der Waals surface area contributed by atoms with Gasteiger partial charge in [-0.1, -0.05) is 12.1 Å². The standard InChI is InChI=1S/C23H29F2N3O3/c1-16(29)27-22-7-6-19(25)12-23(22)31-15-21(30)13-26-20-8-10-28(11-9-20)14-17-2-4-18(24)5-3-17/h2-7,12,20-21,26,30H,8-11,13-15H2,1H3,(H,27,29)/t21-/m1/s1. The Hall–Kier alpha value is -2.55. The Bertz CT molecular complexity index is 856. The number of carbonyl (C=O) groups excluding carboxylic acids is 1. The molecule has 1 saturated heterocycles. The topological polar surface area (TPSA) is 73.8 Å². The van der Waals surface area contributed by atoms with Gasteiger partial charge in [0.1, 0.15) is 30.1 Å². The van der Waals surface area contributed by atoms with Gasteiger partial charge in [-0.15, -0.1) is 0 Å². The van der Waals surface area contributed by atoms with Gasteiger partial charge in [0.15, 0.2) is 0 Å². The molecule has 3 N–H and O–H groups in total. The van der Waals surface area contributed by atoms with Crippen LogP contribution in [-0.4, -0.2) is 54.3 Å². The molecule has 168 valence electrons. The number of likely N-dealkylation sites (tertiary alicyclic amines) is 1. The Morgan fingerprint density at radius 1 is 1.16 bits per heavy atom. The molecule has 0 aliphatic carbocycles. The first-order valence-electron chi connectivity index (χ1n) is 10.5. The fourth-order valence-corrected chi connectivity index (χ4v) is 3.60. The number of piperidine rings is 1. The molecule has 6 nitrogen and oxygen atoms in total. The number of anilines is 1. The number of halogens is 2. The van der Waals surface area contributed by atoms with Gasteiger partial charge in [0.2, 0.25) is 5.91 Å². The summed E-state index contributed by atoms with van der Waals surface area (Å²) in [6, 6.07) is 10.7. The lowest BCUT2D eigenvalue weighted by molar-refractivity contribution is -0.114. The van der Waals surface area contributed by atoms with Gasteiger partial charge in [-0.2, -0.15) is 0 Å². The molecule has 1 amide bonds. The number of carbonyl (C=O) groups is 1. The summed E-state index contributed by atoms with van der Waals surface area (Å²) in [4.78, 5) is 13.6. The molecule has 0 saturated carbocycles. The molecule has 1 heterocycles. The van der Waals surface area contributed by atoms with E-state index in [0.717, 1.165) is 38.0 Å². The third-order valence-corrected chi connectivity index (χ3v) is 5.23. The minimum absolute atomic E-state index is 0.0214. The molecule has 3 rings (SSSR count). The third-order valence-electron chi connectivity index (χ3n) is 5.23. The first kappa shape index (κ1) is 23.1. The minimum atomic E-state index is -0.773. The second-order valence-electron chi connectivity index (χ2n) is 7.87. The van der Waals surface area contributed by atoms with Crippen molar-refractivity contribution in [1.82, 2.24) is 10.2 Å². The van der Waals surface area contributed by atoms with Gasteiger partial charge in [0.25, 0.3) is 0 Å². The van der Waals surface area contributed by atoms with Crippen LogP contribution in [0.25, 0.3) is 0 Å². The lowest BCUT2D eigenvalue weighted by Gasteiger charge is -2.33. The van der Waals surface area contributed by atoms with Crippen LogP contribution in [-0.2, 0) is 11.3 Å². The highest BCUT2D eigenvalue weighted by molar-refractivity contribution is 5.90. The molecule has 0 spiro atoms. The molecule has 2 aromatic carbocycles. The van der Waals surface area contributed by atoms with Crippen molar-refractivity contribution >= 4 is 11.6 Å². The van der Waals surface area contributed by atoms with Crippen LogP contribution in [0.3, 0.4) is 0 Å². The number of benzene rings is 2. The summed E-state index contributed by atoms with van der Waals surface area (Å²) in [5.74, 6) is -0.810. The van der Waals surface area contributed by atoms with Gasteiger partial charge in [0, 0.05) is 32.1 Å². The van der Waals surface area contributed by atoms with E-state index in [0.29, 0.717) is 18.3 Å². The van der Waals surface area contributed by atoms with Crippen LogP contribution in [0.1, 0.15) is 25.3 Å². The summed E-state index contributed by atoms with van der Waals surface area (Å²) >= 11 is 0. The molecule has 1 aliphatic rings. The predicted octanol–water partition coefficient (Wildman–Crippen LogP) is 2.92. The van der Waals surface area contributed by atoms with Crippen molar-refractivity contribution in [1.29, 1.82) is 0 Å². The molecule has 0 radical (unpaired) electrons. The van der Waals surface area contributed by atoms with E-state index in [1.807, 2.05) is 12.1 Å². The van der Waals surface area contributed by atoms with Crippen LogP contribution >= 0.6 is 0 Å². The molecule has 31 heavy (non-hydrogen) atoms. The minimum Gasteiger partial charge on any atom is -0.489 e. The van der Waals surface area contributed by atoms with E-state index in [9.17, 15) is 18.7 Å². The lowest BCUT2D eigenvalue weighted by atomic mass is 10.0. The number of rotatable bonds is 9. The fourth-order valence-electron chi connectivity index (χ4n) is 3.60. The van der Waals surface area contributed by atoms with Crippen LogP contribution in [0.2, 0.25) is 0 Å². The summed E-state index contributed by atoms with van der Waals surface area (Å²) < 4.78 is 32.1. The van der Waals surface area contributed by atoms with Gasteiger partial charge < -0.3 is 20.5 Å². The average Bonchev–Trinajstić information content (AvgIpc) is 2.74. The molecular formula is C23H29F2N3O3. The number of hydrogen-bond donors (Lipinski definition) is 3. The number of ether oxygens (including phenoxy) is 1. The van der Waals surface area contributed by atoms with Crippen LogP contribution in [0.5, 0.6) is 5.75 Å². The van der Waals surface area contributed by atoms with Crippen molar-refractivity contribution in [3.05, 3.63) is 59.7 Å². The smallest absolute Gasteiger partial charge is 0.221 e. The van der Waals surface area contributed by atoms with Crippen molar-refractivity contribution in [2.75, 3.05) is 31.6 Å². The zero-order valence-electron chi connectivity index (χ0n) is 17.6. The normalized spacial score (nSPS) is 16.1. The van der Waals surface area contributed by atoms with Crippen LogP contribution in [0.15, 0.2) is 42.5 Å². The predicted molar refractivity (Wildman–Crippen MR) is 115 cm³/mol. The summed E-state index contributed by atoms with van der Waals surface area (Å²) in [5.41, 5.74) is 1.46. The first-order valence-corrected chi connectivity index (χ1v) is 10.5. The van der Waals surface area contributed by atoms with E-state index in [1.165, 1.54) is 37.3 Å². The largest absolute Gasteiger partial charge is 0.489 e. The van der Waals surface area contributed by atoms with Gasteiger partial charge >= 0.3 is 0 Å². The molecule has 0 aromatic heterocycles. The monoisotopic (exact) mass is 433 g/mol. The third kappa shape index (κ3) is 7.57. The number of aliphatic hydroxyl groups excluding tert-OH is 1. The maximum absolute atomic E-state index is 13.5. The fraction of sp³-hybridized carbons (Fsp3) is 0.435. The number of hydrogen-bond acceptors (Lipinski definition) is 5. The molecule has 2 aromatic rings. The van der Waals surface area contributed by atoms with E-state index in [-0.39, 0.29) is 24.1 Å². The van der Waals surface area contributed by atoms with Crippen molar-refractivity contribution < 1.29 is 23.4 Å². The highest BCUT2D eigenvalue weighted by atomic mass is 19.1. The molecular weight excluding hydrogens is 404 g/mol. The summed E-state index contributed by atoms with van der Waals surface area (Å²) in [5, 5.41) is 16.2. The Kier molecular flexibility index (Phi) is 8.34. The number of nitrogens with zero attached hydrogens (tertiary/aromatic N) is 1. The highest BCUT2D eigenvalue weighted by Crippen LogP contribution is 2.25. The second-order valence-corrected chi connectivity index (χ2v) is 7.87. The van der Waals surface area contributed by atoms with Crippen LogP contribution in [0, 0.1) is 11.6 Å². The van der Waals surface area contributed by atoms with E-state index in [4.69, 9.17) is 4.74 Å². The highest BCUT2D eigenvalue weighted by Gasteiger charge is 2.20. The van der Waals surface area contributed by atoms with Gasteiger partial charge in [-0.3, -0.25) is 9.69 Å². The van der Waals surface area contributed by atoms with Crippen LogP contribution in [0.4, 0.5) is 14.5 Å². The molecule has 1 fully saturated rings. The zero-order chi connectivity index (χ0) is 22.2. The zero-order valence-corrected chi connectivity index (χ0v) is 17.6. The molecule has 1 atom stereocenters. The van der Waals surface area contributed by atoms with Gasteiger partial charge in [-0.05, 0) is 55.8 Å².